The van der Waals surface area contributed by atoms with Crippen LogP contribution in [0.3, 0.4) is 0 Å². The summed E-state index contributed by atoms with van der Waals surface area (Å²) < 4.78 is 0. The van der Waals surface area contributed by atoms with E-state index in [2.05, 4.69) is 39.4 Å². The zero-order chi connectivity index (χ0) is 15.1. The van der Waals surface area contributed by atoms with Gasteiger partial charge in [-0.3, -0.25) is 9.89 Å². The predicted octanol–water partition coefficient (Wildman–Crippen LogP) is 1.74. The van der Waals surface area contributed by atoms with Gasteiger partial charge >= 0.3 is 0 Å². The number of nitrogens with zero attached hydrogens (tertiary/aromatic N) is 3. The van der Waals surface area contributed by atoms with Crippen LogP contribution in [0.2, 0.25) is 0 Å². The van der Waals surface area contributed by atoms with Gasteiger partial charge in [0.25, 0.3) is 0 Å². The molecule has 0 aromatic rings. The summed E-state index contributed by atoms with van der Waals surface area (Å²) in [6.07, 6.45) is 6.85. The second kappa shape index (κ2) is 10.6. The summed E-state index contributed by atoms with van der Waals surface area (Å²) in [4.78, 5) is 9.35. The monoisotopic (exact) mass is 423 g/mol. The van der Waals surface area contributed by atoms with Crippen molar-refractivity contribution in [1.29, 1.82) is 0 Å². The Morgan fingerprint density at radius 2 is 1.91 bits per heavy atom. The van der Waals surface area contributed by atoms with Gasteiger partial charge in [-0.05, 0) is 52.7 Å². The minimum Gasteiger partial charge on any atom is -0.355 e. The molecule has 2 fully saturated rings. The number of guanidine groups is 1. The quantitative estimate of drug-likeness (QED) is 0.372. The molecular weight excluding hydrogens is 389 g/mol. The zero-order valence-electron chi connectivity index (χ0n) is 14.5. The zero-order valence-corrected chi connectivity index (χ0v) is 16.8. The van der Waals surface area contributed by atoms with E-state index in [0.29, 0.717) is 6.04 Å². The van der Waals surface area contributed by atoms with Gasteiger partial charge in [0, 0.05) is 38.8 Å². The Morgan fingerprint density at radius 1 is 1.23 bits per heavy atom. The van der Waals surface area contributed by atoms with E-state index in [4.69, 9.17) is 0 Å². The Labute approximate surface area is 153 Å². The van der Waals surface area contributed by atoms with E-state index in [1.54, 1.807) is 0 Å². The van der Waals surface area contributed by atoms with Gasteiger partial charge in [-0.1, -0.05) is 6.42 Å². The Bertz CT molecular complexity index is 326. The van der Waals surface area contributed by atoms with Crippen molar-refractivity contribution in [3.8, 4) is 0 Å². The summed E-state index contributed by atoms with van der Waals surface area (Å²) in [5.41, 5.74) is 0. The van der Waals surface area contributed by atoms with Crippen molar-refractivity contribution in [2.24, 2.45) is 4.99 Å². The lowest BCUT2D eigenvalue weighted by atomic mass is 10.1. The molecule has 0 radical (unpaired) electrons. The van der Waals surface area contributed by atoms with Crippen molar-refractivity contribution < 1.29 is 0 Å². The molecule has 2 rings (SSSR count). The average molecular weight is 423 g/mol. The first-order valence-electron chi connectivity index (χ1n) is 8.59. The number of hydrogen-bond donors (Lipinski definition) is 2. The minimum atomic E-state index is 0. The van der Waals surface area contributed by atoms with Crippen LogP contribution in [0.4, 0.5) is 0 Å². The van der Waals surface area contributed by atoms with Crippen molar-refractivity contribution >= 4 is 29.9 Å². The van der Waals surface area contributed by atoms with Crippen LogP contribution in [0.5, 0.6) is 0 Å². The maximum absolute atomic E-state index is 4.32. The molecule has 0 spiro atoms. The summed E-state index contributed by atoms with van der Waals surface area (Å²) in [6, 6.07) is 1.37. The molecule has 1 saturated heterocycles. The molecule has 0 amide bonds. The van der Waals surface area contributed by atoms with Gasteiger partial charge in [-0.15, -0.1) is 24.0 Å². The van der Waals surface area contributed by atoms with Gasteiger partial charge in [-0.2, -0.15) is 0 Å². The van der Waals surface area contributed by atoms with Crippen molar-refractivity contribution in [2.75, 3.05) is 46.8 Å². The van der Waals surface area contributed by atoms with Gasteiger partial charge in [0.2, 0.25) is 0 Å². The first-order valence-corrected chi connectivity index (χ1v) is 8.59. The molecule has 5 nitrogen and oxygen atoms in total. The summed E-state index contributed by atoms with van der Waals surface area (Å²) in [5, 5.41) is 6.88. The van der Waals surface area contributed by atoms with Crippen LogP contribution in [0.15, 0.2) is 4.99 Å². The number of piperidine rings is 1. The number of likely N-dealkylation sites (tertiary alicyclic amines) is 1. The van der Waals surface area contributed by atoms with Crippen LogP contribution in [-0.2, 0) is 0 Å². The third-order valence-electron chi connectivity index (χ3n) is 4.78. The van der Waals surface area contributed by atoms with Crippen LogP contribution in [0.1, 0.15) is 39.0 Å². The molecule has 1 aliphatic carbocycles. The lowest BCUT2D eigenvalue weighted by Crippen LogP contribution is -2.47. The third kappa shape index (κ3) is 7.00. The molecule has 0 aromatic carbocycles. The van der Waals surface area contributed by atoms with Gasteiger partial charge in [0.15, 0.2) is 5.96 Å². The molecule has 2 N–H and O–H groups in total. The van der Waals surface area contributed by atoms with Crippen LogP contribution < -0.4 is 10.6 Å². The summed E-state index contributed by atoms with van der Waals surface area (Å²) >= 11 is 0. The van der Waals surface area contributed by atoms with Crippen LogP contribution in [0, 0.1) is 0 Å². The first-order chi connectivity index (χ1) is 10.2. The lowest BCUT2D eigenvalue weighted by Gasteiger charge is -2.27. The largest absolute Gasteiger partial charge is 0.355 e. The standard InChI is InChI=1S/C16H33N5.HI/c1-14(20(3)15-7-8-15)13-19-16(17-2)18-9-12-21-10-5-4-6-11-21;/h14-15H,4-13H2,1-3H3,(H2,17,18,19);1H. The minimum absolute atomic E-state index is 0. The molecule has 1 saturated carbocycles. The van der Waals surface area contributed by atoms with E-state index in [1.807, 2.05) is 7.05 Å². The van der Waals surface area contributed by atoms with Crippen LogP contribution in [-0.4, -0.2) is 74.7 Å². The van der Waals surface area contributed by atoms with E-state index in [-0.39, 0.29) is 24.0 Å². The molecule has 1 unspecified atom stereocenters. The number of rotatable bonds is 7. The molecule has 0 aromatic heterocycles. The highest BCUT2D eigenvalue weighted by atomic mass is 127. The van der Waals surface area contributed by atoms with E-state index in [9.17, 15) is 0 Å². The van der Waals surface area contributed by atoms with Crippen molar-refractivity contribution in [3.05, 3.63) is 0 Å². The van der Waals surface area contributed by atoms with E-state index in [0.717, 1.165) is 31.6 Å². The number of halogens is 1. The number of nitrogens with one attached hydrogen (secondary N) is 2. The lowest BCUT2D eigenvalue weighted by molar-refractivity contribution is 0.231. The Hall–Kier alpha value is -0.0800. The normalized spacial score (nSPS) is 21.4. The fraction of sp³-hybridized carbons (Fsp3) is 0.938. The molecule has 2 aliphatic rings. The number of hydrogen-bond acceptors (Lipinski definition) is 3. The topological polar surface area (TPSA) is 42.9 Å². The van der Waals surface area contributed by atoms with Crippen molar-refractivity contribution in [1.82, 2.24) is 20.4 Å². The third-order valence-corrected chi connectivity index (χ3v) is 4.78. The highest BCUT2D eigenvalue weighted by molar-refractivity contribution is 14.0. The van der Waals surface area contributed by atoms with Crippen LogP contribution in [0.25, 0.3) is 0 Å². The summed E-state index contributed by atoms with van der Waals surface area (Å²) in [6.45, 7) is 7.86. The summed E-state index contributed by atoms with van der Waals surface area (Å²) in [7, 11) is 4.09. The Morgan fingerprint density at radius 3 is 2.50 bits per heavy atom. The smallest absolute Gasteiger partial charge is 0.191 e. The van der Waals surface area contributed by atoms with E-state index in [1.165, 1.54) is 45.2 Å². The van der Waals surface area contributed by atoms with Gasteiger partial charge in [0.05, 0.1) is 0 Å². The molecule has 1 aliphatic heterocycles. The molecule has 1 heterocycles. The molecule has 0 bridgehead atoms. The molecule has 1 atom stereocenters. The summed E-state index contributed by atoms with van der Waals surface area (Å²) in [5.74, 6) is 0.933. The molecule has 130 valence electrons. The Kier molecular flexibility index (Phi) is 9.66. The predicted molar refractivity (Wildman–Crippen MR) is 105 cm³/mol. The fourth-order valence-corrected chi connectivity index (χ4v) is 2.97. The maximum Gasteiger partial charge on any atom is 0.191 e. The first kappa shape index (κ1) is 20.0. The number of aliphatic imine (C=N–C) groups is 1. The second-order valence-corrected chi connectivity index (χ2v) is 6.53. The maximum atomic E-state index is 4.32. The van der Waals surface area contributed by atoms with E-state index >= 15 is 0 Å². The fourth-order valence-electron chi connectivity index (χ4n) is 2.97. The Balaban J connectivity index is 0.00000242. The van der Waals surface area contributed by atoms with Gasteiger partial charge in [-0.25, -0.2) is 0 Å². The highest BCUT2D eigenvalue weighted by Gasteiger charge is 2.28. The molecule has 22 heavy (non-hydrogen) atoms. The van der Waals surface area contributed by atoms with Gasteiger partial charge < -0.3 is 15.5 Å². The van der Waals surface area contributed by atoms with Crippen molar-refractivity contribution in [2.45, 2.75) is 51.1 Å². The molecular formula is C16H34IN5. The highest BCUT2D eigenvalue weighted by Crippen LogP contribution is 2.26. The van der Waals surface area contributed by atoms with Crippen LogP contribution >= 0.6 is 24.0 Å². The second-order valence-electron chi connectivity index (χ2n) is 6.53. The number of likely N-dealkylation sites (N-methyl/N-ethyl adjacent to an activating group) is 1. The molecule has 6 heteroatoms. The van der Waals surface area contributed by atoms with Crippen molar-refractivity contribution in [3.63, 3.8) is 0 Å². The SMILES string of the molecule is CN=C(NCCN1CCCCC1)NCC(C)N(C)C1CC1.I. The average Bonchev–Trinajstić information content (AvgIpc) is 3.35. The van der Waals surface area contributed by atoms with Gasteiger partial charge in [0.1, 0.15) is 0 Å². The van der Waals surface area contributed by atoms with E-state index < -0.39 is 0 Å².